The van der Waals surface area contributed by atoms with Crippen LogP contribution in [-0.2, 0) is 16.6 Å². The first-order chi connectivity index (χ1) is 10.8. The summed E-state index contributed by atoms with van der Waals surface area (Å²) in [5.41, 5.74) is 1.69. The Bertz CT molecular complexity index is 686. The lowest BCUT2D eigenvalue weighted by Gasteiger charge is -2.52. The molecule has 2 aliphatic carbocycles. The lowest BCUT2D eigenvalue weighted by molar-refractivity contribution is -0.135. The molecule has 3 heteroatoms. The minimum absolute atomic E-state index is 0.0230. The van der Waals surface area contributed by atoms with Gasteiger partial charge in [-0.2, -0.15) is 0 Å². The predicted octanol–water partition coefficient (Wildman–Crippen LogP) is 3.94. The minimum atomic E-state index is -0.399. The van der Waals surface area contributed by atoms with E-state index in [4.69, 9.17) is 9.47 Å². The third-order valence-electron chi connectivity index (χ3n) is 5.89. The number of fused-ring (bicyclic) bond motifs is 2. The first-order valence-corrected chi connectivity index (χ1v) is 8.24. The van der Waals surface area contributed by atoms with Gasteiger partial charge in [0.1, 0.15) is 17.3 Å². The summed E-state index contributed by atoms with van der Waals surface area (Å²) in [6.45, 7) is 8.53. The summed E-state index contributed by atoms with van der Waals surface area (Å²) >= 11 is 0. The molecule has 3 rings (SSSR count). The van der Waals surface area contributed by atoms with E-state index in [-0.39, 0.29) is 17.3 Å². The number of ether oxygens (including phenoxy) is 2. The molecule has 2 aliphatic rings. The standard InChI is InChI=1S/C20H26O3/c1-12-7-10-16-19(2,3)17-13(11-20(16,4)18(12)21)14(22-5)8-9-15(17)23-6/h7-10,12,16H,11H2,1-6H3/t12?,16-,20-/m0/s1. The number of benzene rings is 1. The number of hydrogen-bond acceptors (Lipinski definition) is 3. The van der Waals surface area contributed by atoms with Crippen LogP contribution in [0.1, 0.15) is 38.8 Å². The molecule has 0 saturated carbocycles. The average Bonchev–Trinajstić information content (AvgIpc) is 2.51. The van der Waals surface area contributed by atoms with Crippen LogP contribution in [0.5, 0.6) is 11.5 Å². The van der Waals surface area contributed by atoms with E-state index in [0.717, 1.165) is 17.1 Å². The molecule has 0 N–H and O–H groups in total. The summed E-state index contributed by atoms with van der Waals surface area (Å²) in [4.78, 5) is 13.0. The SMILES string of the molecule is COc1ccc(OC)c2c1C[C@]1(C)C(=O)C(C)C=C[C@H]1C2(C)C. The zero-order valence-corrected chi connectivity index (χ0v) is 14.9. The van der Waals surface area contributed by atoms with E-state index in [2.05, 4.69) is 32.9 Å². The number of carbonyl (C=O) groups is 1. The number of methoxy groups -OCH3 is 2. The van der Waals surface area contributed by atoms with Crippen LogP contribution in [-0.4, -0.2) is 20.0 Å². The van der Waals surface area contributed by atoms with Gasteiger partial charge in [0.05, 0.1) is 14.2 Å². The van der Waals surface area contributed by atoms with Crippen LogP contribution in [0, 0.1) is 17.3 Å². The van der Waals surface area contributed by atoms with Gasteiger partial charge in [-0.3, -0.25) is 4.79 Å². The van der Waals surface area contributed by atoms with Crippen molar-refractivity contribution in [1.82, 2.24) is 0 Å². The molecule has 124 valence electrons. The second-order valence-electron chi connectivity index (χ2n) is 7.66. The maximum Gasteiger partial charge on any atom is 0.146 e. The highest BCUT2D eigenvalue weighted by molar-refractivity contribution is 5.91. The fourth-order valence-electron chi connectivity index (χ4n) is 4.86. The summed E-state index contributed by atoms with van der Waals surface area (Å²) < 4.78 is 11.3. The zero-order chi connectivity index (χ0) is 17.0. The van der Waals surface area contributed by atoms with Crippen LogP contribution < -0.4 is 9.47 Å². The first-order valence-electron chi connectivity index (χ1n) is 8.24. The Labute approximate surface area is 138 Å². The number of Topliss-reactive ketones (excluding diaryl/α,β-unsaturated/α-hetero) is 1. The number of rotatable bonds is 2. The van der Waals surface area contributed by atoms with Gasteiger partial charge < -0.3 is 9.47 Å². The lowest BCUT2D eigenvalue weighted by Crippen LogP contribution is -2.53. The van der Waals surface area contributed by atoms with Gasteiger partial charge in [0, 0.05) is 27.9 Å². The fraction of sp³-hybridized carbons (Fsp3) is 0.550. The molecule has 0 spiro atoms. The normalized spacial score (nSPS) is 31.3. The molecule has 0 amide bonds. The Hall–Kier alpha value is -1.77. The van der Waals surface area contributed by atoms with Gasteiger partial charge in [-0.25, -0.2) is 0 Å². The Morgan fingerprint density at radius 1 is 1.04 bits per heavy atom. The van der Waals surface area contributed by atoms with Crippen LogP contribution in [0.4, 0.5) is 0 Å². The third kappa shape index (κ3) is 2.05. The van der Waals surface area contributed by atoms with Crippen molar-refractivity contribution < 1.29 is 14.3 Å². The zero-order valence-electron chi connectivity index (χ0n) is 14.9. The van der Waals surface area contributed by atoms with Gasteiger partial charge in [-0.1, -0.05) is 39.8 Å². The van der Waals surface area contributed by atoms with Gasteiger partial charge in [0.2, 0.25) is 0 Å². The molecule has 1 aromatic carbocycles. The van der Waals surface area contributed by atoms with E-state index in [1.807, 2.05) is 19.1 Å². The molecule has 3 nitrogen and oxygen atoms in total. The number of hydrogen-bond donors (Lipinski definition) is 0. The van der Waals surface area contributed by atoms with Crippen molar-refractivity contribution in [3.05, 3.63) is 35.4 Å². The monoisotopic (exact) mass is 314 g/mol. The van der Waals surface area contributed by atoms with Gasteiger partial charge in [-0.15, -0.1) is 0 Å². The smallest absolute Gasteiger partial charge is 0.146 e. The summed E-state index contributed by atoms with van der Waals surface area (Å²) in [6.07, 6.45) is 5.01. The molecule has 23 heavy (non-hydrogen) atoms. The van der Waals surface area contributed by atoms with E-state index in [9.17, 15) is 4.79 Å². The lowest BCUT2D eigenvalue weighted by atomic mass is 9.50. The number of allylic oxidation sites excluding steroid dienone is 2. The molecule has 0 saturated heterocycles. The molecular formula is C20H26O3. The molecule has 0 heterocycles. The Balaban J connectivity index is 2.30. The summed E-state index contributed by atoms with van der Waals surface area (Å²) in [6, 6.07) is 3.92. The van der Waals surface area contributed by atoms with E-state index >= 15 is 0 Å². The molecule has 1 aromatic rings. The highest BCUT2D eigenvalue weighted by Crippen LogP contribution is 2.57. The van der Waals surface area contributed by atoms with Crippen molar-refractivity contribution in [2.75, 3.05) is 14.2 Å². The highest BCUT2D eigenvalue weighted by atomic mass is 16.5. The molecule has 0 radical (unpaired) electrons. The molecule has 0 bridgehead atoms. The van der Waals surface area contributed by atoms with Crippen molar-refractivity contribution in [3.8, 4) is 11.5 Å². The average molecular weight is 314 g/mol. The van der Waals surface area contributed by atoms with E-state index in [1.54, 1.807) is 14.2 Å². The molecule has 3 atom stereocenters. The van der Waals surface area contributed by atoms with Gasteiger partial charge in [0.25, 0.3) is 0 Å². The van der Waals surface area contributed by atoms with Crippen LogP contribution >= 0.6 is 0 Å². The van der Waals surface area contributed by atoms with Crippen LogP contribution in [0.15, 0.2) is 24.3 Å². The first kappa shape index (κ1) is 16.1. The van der Waals surface area contributed by atoms with E-state index < -0.39 is 5.41 Å². The van der Waals surface area contributed by atoms with Crippen LogP contribution in [0.25, 0.3) is 0 Å². The van der Waals surface area contributed by atoms with Gasteiger partial charge in [0.15, 0.2) is 0 Å². The molecule has 0 aromatic heterocycles. The highest BCUT2D eigenvalue weighted by Gasteiger charge is 2.55. The van der Waals surface area contributed by atoms with Crippen molar-refractivity contribution in [2.45, 2.75) is 39.5 Å². The van der Waals surface area contributed by atoms with Gasteiger partial charge in [-0.05, 0) is 24.5 Å². The maximum absolute atomic E-state index is 13.0. The number of ketones is 1. The van der Waals surface area contributed by atoms with E-state index in [1.165, 1.54) is 5.56 Å². The maximum atomic E-state index is 13.0. The summed E-state index contributed by atoms with van der Waals surface area (Å²) in [5, 5.41) is 0. The van der Waals surface area contributed by atoms with Crippen LogP contribution in [0.2, 0.25) is 0 Å². The predicted molar refractivity (Wildman–Crippen MR) is 91.2 cm³/mol. The summed E-state index contributed by atoms with van der Waals surface area (Å²) in [7, 11) is 3.39. The summed E-state index contributed by atoms with van der Waals surface area (Å²) in [5.74, 6) is 2.20. The second kappa shape index (κ2) is 5.12. The molecule has 1 unspecified atom stereocenters. The second-order valence-corrected chi connectivity index (χ2v) is 7.66. The third-order valence-corrected chi connectivity index (χ3v) is 5.89. The van der Waals surface area contributed by atoms with E-state index in [0.29, 0.717) is 12.2 Å². The molecular weight excluding hydrogens is 288 g/mol. The quantitative estimate of drug-likeness (QED) is 0.776. The molecule has 0 fully saturated rings. The Morgan fingerprint density at radius 2 is 1.65 bits per heavy atom. The topological polar surface area (TPSA) is 35.5 Å². The minimum Gasteiger partial charge on any atom is -0.496 e. The van der Waals surface area contributed by atoms with Crippen molar-refractivity contribution >= 4 is 5.78 Å². The fourth-order valence-corrected chi connectivity index (χ4v) is 4.86. The molecule has 0 aliphatic heterocycles. The van der Waals surface area contributed by atoms with Gasteiger partial charge >= 0.3 is 0 Å². The van der Waals surface area contributed by atoms with Crippen molar-refractivity contribution in [2.24, 2.45) is 17.3 Å². The Kier molecular flexibility index (Phi) is 3.58. The van der Waals surface area contributed by atoms with Crippen molar-refractivity contribution in [1.29, 1.82) is 0 Å². The van der Waals surface area contributed by atoms with Crippen molar-refractivity contribution in [3.63, 3.8) is 0 Å². The number of carbonyl (C=O) groups excluding carboxylic acids is 1. The van der Waals surface area contributed by atoms with Crippen LogP contribution in [0.3, 0.4) is 0 Å². The Morgan fingerprint density at radius 3 is 2.26 bits per heavy atom. The largest absolute Gasteiger partial charge is 0.496 e.